The van der Waals surface area contributed by atoms with E-state index in [-0.39, 0.29) is 5.91 Å². The lowest BCUT2D eigenvalue weighted by Gasteiger charge is -2.16. The molecular weight excluding hydrogens is 340 g/mol. The molecule has 25 heavy (non-hydrogen) atoms. The van der Waals surface area contributed by atoms with Crippen LogP contribution in [0, 0.1) is 0 Å². The number of amides is 1. The van der Waals surface area contributed by atoms with Crippen molar-refractivity contribution in [1.82, 2.24) is 4.90 Å². The Morgan fingerprint density at radius 3 is 2.64 bits per heavy atom. The molecule has 0 saturated heterocycles. The lowest BCUT2D eigenvalue weighted by Crippen LogP contribution is -2.31. The molecule has 2 rings (SSSR count). The molecule has 0 fully saturated rings. The lowest BCUT2D eigenvalue weighted by molar-refractivity contribution is -0.117. The quantitative estimate of drug-likeness (QED) is 0.691. The maximum absolute atomic E-state index is 12.1. The van der Waals surface area contributed by atoms with Crippen molar-refractivity contribution in [3.63, 3.8) is 0 Å². The third kappa shape index (κ3) is 7.03. The summed E-state index contributed by atoms with van der Waals surface area (Å²) < 4.78 is 10.8. The van der Waals surface area contributed by atoms with Crippen molar-refractivity contribution < 1.29 is 14.3 Å². The van der Waals surface area contributed by atoms with Crippen molar-refractivity contribution in [1.29, 1.82) is 0 Å². The molecule has 0 spiro atoms. The topological polar surface area (TPSA) is 50.8 Å². The minimum atomic E-state index is -0.0608. The molecule has 1 N–H and O–H groups in total. The molecule has 0 atom stereocenters. The largest absolute Gasteiger partial charge is 0.497 e. The summed E-state index contributed by atoms with van der Waals surface area (Å²) >= 11 is 5.83. The van der Waals surface area contributed by atoms with Gasteiger partial charge >= 0.3 is 0 Å². The summed E-state index contributed by atoms with van der Waals surface area (Å²) in [4.78, 5) is 14.0. The second kappa shape index (κ2) is 9.91. The first kappa shape index (κ1) is 19.1. The van der Waals surface area contributed by atoms with Gasteiger partial charge in [-0.3, -0.25) is 9.69 Å². The average molecular weight is 363 g/mol. The summed E-state index contributed by atoms with van der Waals surface area (Å²) in [5, 5.41) is 3.55. The molecule has 6 heteroatoms. The second-order valence-corrected chi connectivity index (χ2v) is 6.11. The fourth-order valence-corrected chi connectivity index (χ4v) is 2.41. The van der Waals surface area contributed by atoms with Gasteiger partial charge in [-0.1, -0.05) is 17.7 Å². The monoisotopic (exact) mass is 362 g/mol. The summed E-state index contributed by atoms with van der Waals surface area (Å²) in [6.07, 6.45) is 0.825. The van der Waals surface area contributed by atoms with E-state index < -0.39 is 0 Å². The van der Waals surface area contributed by atoms with E-state index in [1.54, 1.807) is 25.3 Å². The predicted octanol–water partition coefficient (Wildman–Crippen LogP) is 3.69. The molecule has 0 unspecified atom stereocenters. The normalized spacial score (nSPS) is 10.6. The first-order valence-corrected chi connectivity index (χ1v) is 8.45. The van der Waals surface area contributed by atoms with E-state index in [2.05, 4.69) is 5.32 Å². The molecule has 0 saturated carbocycles. The van der Waals surface area contributed by atoms with Crippen LogP contribution in [0.4, 0.5) is 5.69 Å². The van der Waals surface area contributed by atoms with Crippen LogP contribution in [0.3, 0.4) is 0 Å². The minimum Gasteiger partial charge on any atom is -0.497 e. The molecular formula is C19H23ClN2O3. The summed E-state index contributed by atoms with van der Waals surface area (Å²) in [5.74, 6) is 1.45. The van der Waals surface area contributed by atoms with E-state index in [9.17, 15) is 4.79 Å². The van der Waals surface area contributed by atoms with E-state index in [0.29, 0.717) is 23.9 Å². The number of rotatable bonds is 9. The number of carbonyl (C=O) groups is 1. The summed E-state index contributed by atoms with van der Waals surface area (Å²) in [7, 11) is 3.51. The maximum Gasteiger partial charge on any atom is 0.238 e. The van der Waals surface area contributed by atoms with Crippen LogP contribution in [-0.4, -0.2) is 44.7 Å². The van der Waals surface area contributed by atoms with Gasteiger partial charge in [-0.2, -0.15) is 0 Å². The number of anilines is 1. The van der Waals surface area contributed by atoms with Crippen molar-refractivity contribution in [3.8, 4) is 11.5 Å². The van der Waals surface area contributed by atoms with Crippen molar-refractivity contribution in [3.05, 3.63) is 53.6 Å². The third-order valence-electron chi connectivity index (χ3n) is 3.53. The molecule has 0 aliphatic rings. The van der Waals surface area contributed by atoms with Crippen LogP contribution in [0.5, 0.6) is 11.5 Å². The molecule has 0 aliphatic carbocycles. The smallest absolute Gasteiger partial charge is 0.238 e. The molecule has 0 aliphatic heterocycles. The van der Waals surface area contributed by atoms with Crippen LogP contribution in [-0.2, 0) is 4.79 Å². The highest BCUT2D eigenvalue weighted by molar-refractivity contribution is 6.30. The van der Waals surface area contributed by atoms with Gasteiger partial charge in [-0.25, -0.2) is 0 Å². The van der Waals surface area contributed by atoms with Crippen molar-refractivity contribution >= 4 is 23.2 Å². The Kier molecular flexibility index (Phi) is 7.57. The zero-order valence-corrected chi connectivity index (χ0v) is 15.3. The number of carbonyl (C=O) groups excluding carboxylic acids is 1. The Balaban J connectivity index is 1.66. The van der Waals surface area contributed by atoms with E-state index >= 15 is 0 Å². The van der Waals surface area contributed by atoms with Gasteiger partial charge in [0.25, 0.3) is 0 Å². The molecule has 2 aromatic carbocycles. The van der Waals surface area contributed by atoms with Gasteiger partial charge in [0.05, 0.1) is 20.3 Å². The Morgan fingerprint density at radius 2 is 1.92 bits per heavy atom. The standard InChI is InChI=1S/C19H23ClN2O3/c1-22(11-4-12-25-17-9-7-15(20)8-10-17)14-19(23)21-16-5-3-6-18(13-16)24-2/h3,5-10,13H,4,11-12,14H2,1-2H3,(H,21,23). The number of halogens is 1. The highest BCUT2D eigenvalue weighted by atomic mass is 35.5. The highest BCUT2D eigenvalue weighted by Gasteiger charge is 2.07. The SMILES string of the molecule is COc1cccc(NC(=O)CN(C)CCCOc2ccc(Cl)cc2)c1. The third-order valence-corrected chi connectivity index (χ3v) is 3.79. The van der Waals surface area contributed by atoms with Crippen molar-refractivity contribution in [2.75, 3.05) is 39.2 Å². The fourth-order valence-electron chi connectivity index (χ4n) is 2.28. The molecule has 0 bridgehead atoms. The first-order valence-electron chi connectivity index (χ1n) is 8.07. The van der Waals surface area contributed by atoms with Gasteiger partial charge in [0.1, 0.15) is 11.5 Å². The molecule has 0 heterocycles. The van der Waals surface area contributed by atoms with Crippen molar-refractivity contribution in [2.24, 2.45) is 0 Å². The maximum atomic E-state index is 12.1. The zero-order chi connectivity index (χ0) is 18.1. The van der Waals surface area contributed by atoms with Gasteiger partial charge in [0.15, 0.2) is 0 Å². The van der Waals surface area contributed by atoms with Crippen LogP contribution in [0.1, 0.15) is 6.42 Å². The fraction of sp³-hybridized carbons (Fsp3) is 0.316. The number of benzene rings is 2. The van der Waals surface area contributed by atoms with Gasteiger partial charge in [0.2, 0.25) is 5.91 Å². The molecule has 2 aromatic rings. The van der Waals surface area contributed by atoms with Crippen LogP contribution in [0.15, 0.2) is 48.5 Å². The van der Waals surface area contributed by atoms with Crippen LogP contribution in [0.2, 0.25) is 5.02 Å². The highest BCUT2D eigenvalue weighted by Crippen LogP contribution is 2.17. The van der Waals surface area contributed by atoms with Gasteiger partial charge in [0, 0.05) is 23.3 Å². The molecule has 5 nitrogen and oxygen atoms in total. The van der Waals surface area contributed by atoms with E-state index in [1.807, 2.05) is 42.3 Å². The summed E-state index contributed by atoms with van der Waals surface area (Å²) in [5.41, 5.74) is 0.726. The van der Waals surface area contributed by atoms with Gasteiger partial charge < -0.3 is 14.8 Å². The number of methoxy groups -OCH3 is 1. The Morgan fingerprint density at radius 1 is 1.16 bits per heavy atom. The Bertz CT molecular complexity index is 677. The number of hydrogen-bond donors (Lipinski definition) is 1. The number of likely N-dealkylation sites (N-methyl/N-ethyl adjacent to an activating group) is 1. The van der Waals surface area contributed by atoms with E-state index in [1.165, 1.54) is 0 Å². The molecule has 0 radical (unpaired) electrons. The number of hydrogen-bond acceptors (Lipinski definition) is 4. The summed E-state index contributed by atoms with van der Waals surface area (Å²) in [6.45, 7) is 1.67. The Hall–Kier alpha value is -2.24. The molecule has 0 aromatic heterocycles. The predicted molar refractivity (Wildman–Crippen MR) is 101 cm³/mol. The van der Waals surface area contributed by atoms with Crippen LogP contribution >= 0.6 is 11.6 Å². The number of nitrogens with one attached hydrogen (secondary N) is 1. The van der Waals surface area contributed by atoms with Gasteiger partial charge in [-0.15, -0.1) is 0 Å². The summed E-state index contributed by atoms with van der Waals surface area (Å²) in [6, 6.07) is 14.6. The average Bonchev–Trinajstić information content (AvgIpc) is 2.60. The minimum absolute atomic E-state index is 0.0608. The second-order valence-electron chi connectivity index (χ2n) is 5.67. The molecule has 1 amide bonds. The first-order chi connectivity index (χ1) is 12.1. The van der Waals surface area contributed by atoms with Crippen LogP contribution < -0.4 is 14.8 Å². The van der Waals surface area contributed by atoms with E-state index in [0.717, 1.165) is 24.4 Å². The van der Waals surface area contributed by atoms with E-state index in [4.69, 9.17) is 21.1 Å². The Labute approximate surface area is 153 Å². The zero-order valence-electron chi connectivity index (χ0n) is 14.5. The van der Waals surface area contributed by atoms with Gasteiger partial charge in [-0.05, 0) is 49.9 Å². The lowest BCUT2D eigenvalue weighted by atomic mass is 10.3. The number of nitrogens with zero attached hydrogens (tertiary/aromatic N) is 1. The van der Waals surface area contributed by atoms with Crippen molar-refractivity contribution in [2.45, 2.75) is 6.42 Å². The van der Waals surface area contributed by atoms with Crippen LogP contribution in [0.25, 0.3) is 0 Å². The molecule has 134 valence electrons. The number of ether oxygens (including phenoxy) is 2.